The predicted molar refractivity (Wildman–Crippen MR) is 92.2 cm³/mol. The summed E-state index contributed by atoms with van der Waals surface area (Å²) in [5.74, 6) is 0.169. The Labute approximate surface area is 143 Å². The van der Waals surface area contributed by atoms with Crippen LogP contribution in [0.5, 0.6) is 11.8 Å². The minimum atomic E-state index is -0.316. The number of aryl methyl sites for hydroxylation is 2. The summed E-state index contributed by atoms with van der Waals surface area (Å²) in [5, 5.41) is 0. The van der Waals surface area contributed by atoms with Crippen LogP contribution in [0.4, 0.5) is 4.39 Å². The van der Waals surface area contributed by atoms with Crippen LogP contribution >= 0.6 is 0 Å². The van der Waals surface area contributed by atoms with Crippen LogP contribution in [0.25, 0.3) is 16.8 Å². The summed E-state index contributed by atoms with van der Waals surface area (Å²) in [6.45, 7) is 4.03. The fraction of sp³-hybridized carbons (Fsp3) is 0.105. The highest BCUT2D eigenvalue weighted by atomic mass is 19.1. The van der Waals surface area contributed by atoms with Gasteiger partial charge >= 0.3 is 6.01 Å². The van der Waals surface area contributed by atoms with E-state index in [4.69, 9.17) is 4.74 Å². The van der Waals surface area contributed by atoms with Crippen LogP contribution in [-0.4, -0.2) is 19.4 Å². The lowest BCUT2D eigenvalue weighted by molar-refractivity contribution is 0.440. The molecule has 4 aromatic rings. The first-order valence-corrected chi connectivity index (χ1v) is 7.81. The molecule has 124 valence electrons. The highest BCUT2D eigenvalue weighted by Crippen LogP contribution is 2.23. The van der Waals surface area contributed by atoms with Crippen molar-refractivity contribution in [1.29, 1.82) is 0 Å². The molecule has 0 unspecified atom stereocenters. The maximum absolute atomic E-state index is 12.9. The Morgan fingerprint density at radius 2 is 1.68 bits per heavy atom. The molecule has 0 amide bonds. The molecule has 0 aliphatic rings. The van der Waals surface area contributed by atoms with Crippen molar-refractivity contribution in [2.24, 2.45) is 0 Å². The van der Waals surface area contributed by atoms with E-state index >= 15 is 0 Å². The van der Waals surface area contributed by atoms with Crippen molar-refractivity contribution in [3.63, 3.8) is 0 Å². The highest BCUT2D eigenvalue weighted by Gasteiger charge is 2.07. The maximum atomic E-state index is 12.9. The second-order valence-electron chi connectivity index (χ2n) is 5.74. The van der Waals surface area contributed by atoms with Crippen LogP contribution in [0.15, 0.2) is 55.0 Å². The Balaban J connectivity index is 1.60. The van der Waals surface area contributed by atoms with Gasteiger partial charge in [0.05, 0.1) is 5.69 Å². The molecular formula is C19H15FN4O. The van der Waals surface area contributed by atoms with Gasteiger partial charge in [-0.05, 0) is 55.8 Å². The molecule has 25 heavy (non-hydrogen) atoms. The lowest BCUT2D eigenvalue weighted by atomic mass is 10.1. The number of fused-ring (bicyclic) bond motifs is 1. The molecule has 4 rings (SSSR count). The summed E-state index contributed by atoms with van der Waals surface area (Å²) >= 11 is 0. The van der Waals surface area contributed by atoms with Crippen LogP contribution in [-0.2, 0) is 0 Å². The molecule has 0 atom stereocenters. The molecule has 0 fully saturated rings. The standard InChI is InChI=1S/C19H15FN4O/c1-12-13(2)24-8-7-14(9-18(24)23-12)15-10-21-19(22-11-15)25-17-5-3-16(20)4-6-17/h3-11H,1-2H3. The number of benzene rings is 1. The predicted octanol–water partition coefficient (Wildman–Crippen LogP) is 4.34. The molecule has 0 N–H and O–H groups in total. The third kappa shape index (κ3) is 2.94. The number of pyridine rings is 1. The Morgan fingerprint density at radius 1 is 0.960 bits per heavy atom. The van der Waals surface area contributed by atoms with Crippen LogP contribution in [0.1, 0.15) is 11.4 Å². The molecular weight excluding hydrogens is 319 g/mol. The topological polar surface area (TPSA) is 52.3 Å². The first-order chi connectivity index (χ1) is 12.1. The molecule has 3 heterocycles. The molecule has 6 heteroatoms. The fourth-order valence-corrected chi connectivity index (χ4v) is 2.59. The zero-order chi connectivity index (χ0) is 17.4. The molecule has 5 nitrogen and oxygen atoms in total. The van der Waals surface area contributed by atoms with E-state index in [1.54, 1.807) is 12.4 Å². The molecule has 0 bridgehead atoms. The van der Waals surface area contributed by atoms with E-state index in [9.17, 15) is 4.39 Å². The molecule has 0 spiro atoms. The average molecular weight is 334 g/mol. The molecule has 0 radical (unpaired) electrons. The van der Waals surface area contributed by atoms with Gasteiger partial charge in [0, 0.05) is 29.8 Å². The van der Waals surface area contributed by atoms with Gasteiger partial charge in [-0.2, -0.15) is 0 Å². The second-order valence-corrected chi connectivity index (χ2v) is 5.74. The molecule has 0 aliphatic heterocycles. The zero-order valence-corrected chi connectivity index (χ0v) is 13.8. The normalized spacial score (nSPS) is 11.0. The fourth-order valence-electron chi connectivity index (χ4n) is 2.59. The molecule has 0 saturated heterocycles. The lowest BCUT2D eigenvalue weighted by Gasteiger charge is -2.05. The van der Waals surface area contributed by atoms with Crippen molar-refractivity contribution in [2.75, 3.05) is 0 Å². The van der Waals surface area contributed by atoms with Gasteiger partial charge in [-0.25, -0.2) is 19.3 Å². The third-order valence-corrected chi connectivity index (χ3v) is 4.09. The largest absolute Gasteiger partial charge is 0.424 e. The van der Waals surface area contributed by atoms with Gasteiger partial charge in [-0.1, -0.05) is 0 Å². The van der Waals surface area contributed by atoms with E-state index in [0.29, 0.717) is 5.75 Å². The van der Waals surface area contributed by atoms with Gasteiger partial charge < -0.3 is 9.14 Å². The van der Waals surface area contributed by atoms with E-state index in [0.717, 1.165) is 28.2 Å². The van der Waals surface area contributed by atoms with Crippen molar-refractivity contribution in [3.05, 3.63) is 72.2 Å². The summed E-state index contributed by atoms with van der Waals surface area (Å²) in [6.07, 6.45) is 5.38. The number of nitrogens with zero attached hydrogens (tertiary/aromatic N) is 4. The van der Waals surface area contributed by atoms with Crippen molar-refractivity contribution in [3.8, 4) is 22.9 Å². The van der Waals surface area contributed by atoms with Gasteiger partial charge in [0.1, 0.15) is 17.2 Å². The Kier molecular flexibility index (Phi) is 3.65. The van der Waals surface area contributed by atoms with E-state index in [1.165, 1.54) is 24.3 Å². The Bertz CT molecular complexity index is 1040. The Morgan fingerprint density at radius 3 is 2.40 bits per heavy atom. The number of imidazole rings is 1. The highest BCUT2D eigenvalue weighted by molar-refractivity contribution is 5.66. The van der Waals surface area contributed by atoms with E-state index in [1.807, 2.05) is 36.6 Å². The monoisotopic (exact) mass is 334 g/mol. The summed E-state index contributed by atoms with van der Waals surface area (Å²) in [4.78, 5) is 13.0. The maximum Gasteiger partial charge on any atom is 0.321 e. The van der Waals surface area contributed by atoms with E-state index in [-0.39, 0.29) is 11.8 Å². The van der Waals surface area contributed by atoms with Gasteiger partial charge in [-0.3, -0.25) is 0 Å². The molecule has 3 aromatic heterocycles. The number of halogens is 1. The Hall–Kier alpha value is -3.28. The molecule has 1 aromatic carbocycles. The first-order valence-electron chi connectivity index (χ1n) is 7.81. The van der Waals surface area contributed by atoms with Crippen LogP contribution in [0.2, 0.25) is 0 Å². The number of hydrogen-bond donors (Lipinski definition) is 0. The summed E-state index contributed by atoms with van der Waals surface area (Å²) in [6, 6.07) is 9.93. The van der Waals surface area contributed by atoms with Crippen molar-refractivity contribution in [2.45, 2.75) is 13.8 Å². The number of hydrogen-bond acceptors (Lipinski definition) is 4. The SMILES string of the molecule is Cc1nc2cc(-c3cnc(Oc4ccc(F)cc4)nc3)ccn2c1C. The van der Waals surface area contributed by atoms with Gasteiger partial charge in [0.25, 0.3) is 0 Å². The van der Waals surface area contributed by atoms with Gasteiger partial charge in [0.2, 0.25) is 0 Å². The summed E-state index contributed by atoms with van der Waals surface area (Å²) < 4.78 is 20.5. The quantitative estimate of drug-likeness (QED) is 0.559. The van der Waals surface area contributed by atoms with Crippen LogP contribution in [0.3, 0.4) is 0 Å². The van der Waals surface area contributed by atoms with Gasteiger partial charge in [-0.15, -0.1) is 0 Å². The summed E-state index contributed by atoms with van der Waals surface area (Å²) in [5.41, 5.74) is 4.87. The summed E-state index contributed by atoms with van der Waals surface area (Å²) in [7, 11) is 0. The minimum Gasteiger partial charge on any atom is -0.424 e. The third-order valence-electron chi connectivity index (χ3n) is 4.09. The average Bonchev–Trinajstić information content (AvgIpc) is 2.91. The molecule has 0 saturated carbocycles. The number of rotatable bonds is 3. The number of ether oxygens (including phenoxy) is 1. The molecule has 0 aliphatic carbocycles. The smallest absolute Gasteiger partial charge is 0.321 e. The van der Waals surface area contributed by atoms with E-state index in [2.05, 4.69) is 15.0 Å². The van der Waals surface area contributed by atoms with Crippen LogP contribution < -0.4 is 4.74 Å². The lowest BCUT2D eigenvalue weighted by Crippen LogP contribution is -1.93. The zero-order valence-electron chi connectivity index (χ0n) is 13.8. The first kappa shape index (κ1) is 15.3. The number of aromatic nitrogens is 4. The minimum absolute atomic E-state index is 0.212. The van der Waals surface area contributed by atoms with Crippen molar-refractivity contribution < 1.29 is 9.13 Å². The van der Waals surface area contributed by atoms with E-state index < -0.39 is 0 Å². The van der Waals surface area contributed by atoms with Crippen molar-refractivity contribution >= 4 is 5.65 Å². The van der Waals surface area contributed by atoms with Gasteiger partial charge in [0.15, 0.2) is 0 Å². The van der Waals surface area contributed by atoms with Crippen molar-refractivity contribution in [1.82, 2.24) is 19.4 Å². The van der Waals surface area contributed by atoms with Crippen LogP contribution in [0, 0.1) is 19.7 Å². The second kappa shape index (κ2) is 5.98.